The summed E-state index contributed by atoms with van der Waals surface area (Å²) in [6.07, 6.45) is 3.38. The van der Waals surface area contributed by atoms with Gasteiger partial charge >= 0.3 is 0 Å². The molecule has 4 nitrogen and oxygen atoms in total. The summed E-state index contributed by atoms with van der Waals surface area (Å²) in [4.78, 5) is 15.9. The Morgan fingerprint density at radius 3 is 2.93 bits per heavy atom. The van der Waals surface area contributed by atoms with Gasteiger partial charge in [0.1, 0.15) is 17.0 Å². The number of benzene rings is 2. The highest BCUT2D eigenvalue weighted by Crippen LogP contribution is 2.44. The number of hydrogen-bond donors (Lipinski definition) is 1. The Bertz CT molecular complexity index is 933. The molecule has 0 saturated carbocycles. The molecular formula is C22H24N2O2S. The summed E-state index contributed by atoms with van der Waals surface area (Å²) >= 11 is 1.69. The molecule has 0 saturated heterocycles. The van der Waals surface area contributed by atoms with Crippen LogP contribution in [0.5, 0.6) is 5.75 Å². The summed E-state index contributed by atoms with van der Waals surface area (Å²) in [7, 11) is 0. The van der Waals surface area contributed by atoms with Crippen molar-refractivity contribution in [3.05, 3.63) is 42.0 Å². The summed E-state index contributed by atoms with van der Waals surface area (Å²) in [5.41, 5.74) is 4.35. The Morgan fingerprint density at radius 2 is 2.15 bits per heavy atom. The first-order valence-electron chi connectivity index (χ1n) is 9.56. The summed E-state index contributed by atoms with van der Waals surface area (Å²) in [6.45, 7) is 4.93. The summed E-state index contributed by atoms with van der Waals surface area (Å²) < 4.78 is 7.41. The number of aromatic nitrogens is 1. The Balaban J connectivity index is 1.82. The standard InChI is InChI=1S/C22H24N2O2S/c1-3-12-26-21-16(22-24-19-6-4-5-7-20(19)27-22)8-9-18-17(21)13-15(10-11-25)14(2)23-18/h4-9,11,14-15,23H,3,10,12-13H2,1-2H3/t14-,15?/m0/s1. The van der Waals surface area contributed by atoms with Crippen molar-refractivity contribution in [1.82, 2.24) is 4.98 Å². The Labute approximate surface area is 163 Å². The molecule has 2 heterocycles. The van der Waals surface area contributed by atoms with Gasteiger partial charge in [-0.05, 0) is 49.9 Å². The second kappa shape index (κ2) is 7.69. The molecule has 3 aromatic rings. The van der Waals surface area contributed by atoms with Crippen molar-refractivity contribution < 1.29 is 9.53 Å². The molecule has 0 amide bonds. The third-order valence-corrected chi connectivity index (χ3v) is 6.26. The van der Waals surface area contributed by atoms with Crippen LogP contribution >= 0.6 is 11.3 Å². The highest BCUT2D eigenvalue weighted by atomic mass is 32.1. The van der Waals surface area contributed by atoms with Crippen molar-refractivity contribution in [2.24, 2.45) is 5.92 Å². The summed E-state index contributed by atoms with van der Waals surface area (Å²) in [5.74, 6) is 1.20. The lowest BCUT2D eigenvalue weighted by Gasteiger charge is -2.33. The number of fused-ring (bicyclic) bond motifs is 2. The van der Waals surface area contributed by atoms with Crippen LogP contribution in [0.2, 0.25) is 0 Å². The number of anilines is 1. The van der Waals surface area contributed by atoms with Crippen molar-refractivity contribution in [2.75, 3.05) is 11.9 Å². The molecule has 1 aromatic heterocycles. The van der Waals surface area contributed by atoms with E-state index in [4.69, 9.17) is 9.72 Å². The minimum atomic E-state index is 0.273. The van der Waals surface area contributed by atoms with Crippen LogP contribution in [0, 0.1) is 5.92 Å². The Hall–Kier alpha value is -2.40. The second-order valence-electron chi connectivity index (χ2n) is 7.10. The molecule has 5 heteroatoms. The third-order valence-electron chi connectivity index (χ3n) is 5.19. The normalized spacial score (nSPS) is 18.7. The molecule has 0 spiro atoms. The molecule has 140 valence electrons. The van der Waals surface area contributed by atoms with Crippen LogP contribution in [-0.4, -0.2) is 23.9 Å². The zero-order valence-electron chi connectivity index (χ0n) is 15.7. The minimum absolute atomic E-state index is 0.273. The highest BCUT2D eigenvalue weighted by molar-refractivity contribution is 7.21. The fourth-order valence-electron chi connectivity index (χ4n) is 3.70. The van der Waals surface area contributed by atoms with Crippen molar-refractivity contribution in [3.8, 4) is 16.3 Å². The van der Waals surface area contributed by atoms with Crippen LogP contribution < -0.4 is 10.1 Å². The fourth-order valence-corrected chi connectivity index (χ4v) is 4.69. The molecule has 0 radical (unpaired) electrons. The van der Waals surface area contributed by atoms with Crippen LogP contribution in [0.15, 0.2) is 36.4 Å². The van der Waals surface area contributed by atoms with E-state index in [0.717, 1.165) is 46.7 Å². The smallest absolute Gasteiger partial charge is 0.134 e. The average Bonchev–Trinajstić information content (AvgIpc) is 3.11. The van der Waals surface area contributed by atoms with Crippen LogP contribution in [0.25, 0.3) is 20.8 Å². The first-order valence-corrected chi connectivity index (χ1v) is 10.4. The van der Waals surface area contributed by atoms with Crippen LogP contribution in [0.4, 0.5) is 5.69 Å². The van der Waals surface area contributed by atoms with Gasteiger partial charge in [0, 0.05) is 23.7 Å². The van der Waals surface area contributed by atoms with Crippen LogP contribution in [0.1, 0.15) is 32.3 Å². The van der Waals surface area contributed by atoms with Gasteiger partial charge < -0.3 is 14.8 Å². The zero-order valence-corrected chi connectivity index (χ0v) is 16.5. The maximum absolute atomic E-state index is 11.1. The molecule has 0 fully saturated rings. The van der Waals surface area contributed by atoms with Crippen molar-refractivity contribution in [2.45, 2.75) is 39.2 Å². The van der Waals surface area contributed by atoms with E-state index < -0.39 is 0 Å². The molecule has 1 aliphatic rings. The Morgan fingerprint density at radius 1 is 1.30 bits per heavy atom. The molecular weight excluding hydrogens is 356 g/mol. The molecule has 2 atom stereocenters. The van der Waals surface area contributed by atoms with E-state index in [1.54, 1.807) is 11.3 Å². The second-order valence-corrected chi connectivity index (χ2v) is 8.13. The number of carbonyl (C=O) groups excluding carboxylic acids is 1. The highest BCUT2D eigenvalue weighted by Gasteiger charge is 2.29. The lowest BCUT2D eigenvalue weighted by molar-refractivity contribution is -0.108. The largest absolute Gasteiger partial charge is 0.492 e. The molecule has 1 aliphatic heterocycles. The number of nitrogens with zero attached hydrogens (tertiary/aromatic N) is 1. The van der Waals surface area contributed by atoms with Gasteiger partial charge in [0.2, 0.25) is 0 Å². The predicted molar refractivity (Wildman–Crippen MR) is 112 cm³/mol. The van der Waals surface area contributed by atoms with E-state index in [0.29, 0.717) is 13.0 Å². The zero-order chi connectivity index (χ0) is 18.8. The van der Waals surface area contributed by atoms with Gasteiger partial charge in [-0.2, -0.15) is 0 Å². The Kier molecular flexibility index (Phi) is 5.12. The molecule has 27 heavy (non-hydrogen) atoms. The van der Waals surface area contributed by atoms with Gasteiger partial charge in [0.15, 0.2) is 0 Å². The summed E-state index contributed by atoms with van der Waals surface area (Å²) in [5, 5.41) is 4.54. The van der Waals surface area contributed by atoms with Crippen LogP contribution in [-0.2, 0) is 11.2 Å². The molecule has 1 unspecified atom stereocenters. The van der Waals surface area contributed by atoms with Gasteiger partial charge in [-0.25, -0.2) is 4.98 Å². The van der Waals surface area contributed by atoms with Crippen molar-refractivity contribution >= 4 is 33.5 Å². The van der Waals surface area contributed by atoms with Crippen molar-refractivity contribution in [1.29, 1.82) is 0 Å². The molecule has 0 bridgehead atoms. The summed E-state index contributed by atoms with van der Waals surface area (Å²) in [6, 6.07) is 12.7. The van der Waals surface area contributed by atoms with Gasteiger partial charge in [0.25, 0.3) is 0 Å². The predicted octanol–water partition coefficient (Wildman–Crippen LogP) is 5.31. The number of aldehydes is 1. The maximum atomic E-state index is 11.1. The first kappa shape index (κ1) is 18.0. The lowest BCUT2D eigenvalue weighted by atomic mass is 9.85. The van der Waals surface area contributed by atoms with Gasteiger partial charge in [-0.3, -0.25) is 0 Å². The number of nitrogens with one attached hydrogen (secondary N) is 1. The minimum Gasteiger partial charge on any atom is -0.492 e. The number of ether oxygens (including phenoxy) is 1. The topological polar surface area (TPSA) is 51.2 Å². The number of hydrogen-bond acceptors (Lipinski definition) is 5. The monoisotopic (exact) mass is 380 g/mol. The van der Waals surface area contributed by atoms with Crippen LogP contribution in [0.3, 0.4) is 0 Å². The third kappa shape index (κ3) is 3.44. The molecule has 4 rings (SSSR count). The molecule has 1 N–H and O–H groups in total. The van der Waals surface area contributed by atoms with E-state index in [2.05, 4.69) is 37.4 Å². The van der Waals surface area contributed by atoms with E-state index in [-0.39, 0.29) is 12.0 Å². The number of thiazole rings is 1. The quantitative estimate of drug-likeness (QED) is 0.589. The van der Waals surface area contributed by atoms with E-state index >= 15 is 0 Å². The maximum Gasteiger partial charge on any atom is 0.134 e. The molecule has 0 aliphatic carbocycles. The van der Waals surface area contributed by atoms with E-state index in [1.165, 1.54) is 10.3 Å². The average molecular weight is 381 g/mol. The molecule has 2 aromatic carbocycles. The first-order chi connectivity index (χ1) is 13.2. The lowest BCUT2D eigenvalue weighted by Crippen LogP contribution is -2.33. The van der Waals surface area contributed by atoms with E-state index in [9.17, 15) is 4.79 Å². The van der Waals surface area contributed by atoms with Gasteiger partial charge in [-0.1, -0.05) is 19.1 Å². The van der Waals surface area contributed by atoms with Gasteiger partial charge in [-0.15, -0.1) is 11.3 Å². The van der Waals surface area contributed by atoms with Crippen molar-refractivity contribution in [3.63, 3.8) is 0 Å². The van der Waals surface area contributed by atoms with Gasteiger partial charge in [0.05, 0.1) is 22.4 Å². The number of rotatable bonds is 6. The SMILES string of the molecule is CCCOc1c(-c2nc3ccccc3s2)ccc2c1CC(CC=O)[C@H](C)N2. The van der Waals surface area contributed by atoms with E-state index in [1.807, 2.05) is 18.2 Å². The number of carbonyl (C=O) groups is 1. The number of para-hydroxylation sites is 1. The fraction of sp³-hybridized carbons (Fsp3) is 0.364.